The molecule has 3 heteroatoms. The molecule has 2 aliphatic rings. The number of urea groups is 1. The van der Waals surface area contributed by atoms with Crippen molar-refractivity contribution < 1.29 is 4.79 Å². The number of likely N-dealkylation sites (tertiary alicyclic amines) is 1. The third kappa shape index (κ3) is 2.20. The molecule has 1 heterocycles. The van der Waals surface area contributed by atoms with E-state index in [4.69, 9.17) is 0 Å². The van der Waals surface area contributed by atoms with Gasteiger partial charge in [0.15, 0.2) is 0 Å². The number of carbonyl (C=O) groups excluding carboxylic acids is 1. The van der Waals surface area contributed by atoms with E-state index in [0.29, 0.717) is 0 Å². The van der Waals surface area contributed by atoms with Crippen molar-refractivity contribution in [1.29, 1.82) is 0 Å². The van der Waals surface area contributed by atoms with Gasteiger partial charge < -0.3 is 10.2 Å². The predicted molar refractivity (Wildman–Crippen MR) is 56.0 cm³/mol. The average molecular weight is 196 g/mol. The summed E-state index contributed by atoms with van der Waals surface area (Å²) in [7, 11) is 0. The summed E-state index contributed by atoms with van der Waals surface area (Å²) in [6, 6.07) is 0.132. The van der Waals surface area contributed by atoms with Crippen LogP contribution in [-0.2, 0) is 0 Å². The van der Waals surface area contributed by atoms with E-state index in [1.807, 2.05) is 4.90 Å². The van der Waals surface area contributed by atoms with E-state index >= 15 is 0 Å². The second-order valence-corrected chi connectivity index (χ2v) is 5.88. The summed E-state index contributed by atoms with van der Waals surface area (Å²) in [5.74, 6) is 1.66. The van der Waals surface area contributed by atoms with Gasteiger partial charge in [0.25, 0.3) is 0 Å². The molecule has 3 nitrogen and oxygen atoms in total. The fraction of sp³-hybridized carbons (Fsp3) is 0.909. The minimum atomic E-state index is 0.132. The molecule has 1 saturated heterocycles. The number of fused-ring (bicyclic) bond motifs is 1. The molecule has 0 aromatic carbocycles. The molecule has 1 aliphatic heterocycles. The molecule has 1 aliphatic carbocycles. The number of hydrogen-bond acceptors (Lipinski definition) is 1. The number of rotatable bonds is 1. The normalized spacial score (nSPS) is 30.1. The zero-order chi connectivity index (χ0) is 10.3. The van der Waals surface area contributed by atoms with Crippen LogP contribution in [0.1, 0.15) is 27.2 Å². The fourth-order valence-corrected chi connectivity index (χ4v) is 2.02. The van der Waals surface area contributed by atoms with E-state index < -0.39 is 0 Å². The molecule has 0 radical (unpaired) electrons. The van der Waals surface area contributed by atoms with Crippen LogP contribution in [0, 0.1) is 17.3 Å². The second-order valence-electron chi connectivity index (χ2n) is 5.88. The highest BCUT2D eigenvalue weighted by molar-refractivity contribution is 5.74. The van der Waals surface area contributed by atoms with Crippen molar-refractivity contribution in [3.05, 3.63) is 0 Å². The first-order valence-corrected chi connectivity index (χ1v) is 5.48. The zero-order valence-corrected chi connectivity index (χ0v) is 9.34. The standard InChI is InChI=1S/C11H20N2O/c1-11(2,3)7-12-10(14)13-5-8-4-9(8)6-13/h8-9H,4-7H2,1-3H3,(H,12,14). The lowest BCUT2D eigenvalue weighted by atomic mass is 9.97. The van der Waals surface area contributed by atoms with Gasteiger partial charge in [-0.2, -0.15) is 0 Å². The summed E-state index contributed by atoms with van der Waals surface area (Å²) >= 11 is 0. The molecule has 14 heavy (non-hydrogen) atoms. The van der Waals surface area contributed by atoms with Crippen LogP contribution in [0.4, 0.5) is 4.79 Å². The van der Waals surface area contributed by atoms with Gasteiger partial charge in [-0.15, -0.1) is 0 Å². The Bertz CT molecular complexity index is 234. The average Bonchev–Trinajstić information content (AvgIpc) is 2.68. The predicted octanol–water partition coefficient (Wildman–Crippen LogP) is 1.69. The molecule has 2 unspecified atom stereocenters. The number of amides is 2. The molecule has 0 aromatic rings. The maximum absolute atomic E-state index is 11.7. The number of nitrogens with one attached hydrogen (secondary N) is 1. The molecule has 2 fully saturated rings. The lowest BCUT2D eigenvalue weighted by Gasteiger charge is -2.23. The highest BCUT2D eigenvalue weighted by Crippen LogP contribution is 2.44. The lowest BCUT2D eigenvalue weighted by Crippen LogP contribution is -2.42. The van der Waals surface area contributed by atoms with Crippen LogP contribution in [0.3, 0.4) is 0 Å². The molecule has 0 aromatic heterocycles. The molecule has 2 rings (SSSR count). The first-order chi connectivity index (χ1) is 6.46. The monoisotopic (exact) mass is 196 g/mol. The van der Waals surface area contributed by atoms with Gasteiger partial charge in [0, 0.05) is 19.6 Å². The Labute approximate surface area is 85.8 Å². The van der Waals surface area contributed by atoms with Gasteiger partial charge in [-0.1, -0.05) is 20.8 Å². The smallest absolute Gasteiger partial charge is 0.317 e. The first kappa shape index (κ1) is 9.81. The zero-order valence-electron chi connectivity index (χ0n) is 9.34. The quantitative estimate of drug-likeness (QED) is 0.680. The van der Waals surface area contributed by atoms with E-state index in [0.717, 1.165) is 31.5 Å². The lowest BCUT2D eigenvalue weighted by molar-refractivity contribution is 0.199. The third-order valence-electron chi connectivity index (χ3n) is 3.04. The molecule has 0 spiro atoms. The van der Waals surface area contributed by atoms with Crippen LogP contribution in [0.25, 0.3) is 0 Å². The highest BCUT2D eigenvalue weighted by atomic mass is 16.2. The maximum atomic E-state index is 11.7. The van der Waals surface area contributed by atoms with Crippen molar-refractivity contribution >= 4 is 6.03 Å². The SMILES string of the molecule is CC(C)(C)CNC(=O)N1CC2CC2C1. The summed E-state index contributed by atoms with van der Waals surface area (Å²) < 4.78 is 0. The molecular weight excluding hydrogens is 176 g/mol. The minimum absolute atomic E-state index is 0.132. The van der Waals surface area contributed by atoms with E-state index in [9.17, 15) is 4.79 Å². The minimum Gasteiger partial charge on any atom is -0.337 e. The number of hydrogen-bond donors (Lipinski definition) is 1. The third-order valence-corrected chi connectivity index (χ3v) is 3.04. The Kier molecular flexibility index (Phi) is 2.20. The maximum Gasteiger partial charge on any atom is 0.317 e. The molecular formula is C11H20N2O. The second kappa shape index (κ2) is 3.14. The van der Waals surface area contributed by atoms with Crippen LogP contribution in [0.5, 0.6) is 0 Å². The summed E-state index contributed by atoms with van der Waals surface area (Å²) in [6.45, 7) is 9.14. The van der Waals surface area contributed by atoms with Gasteiger partial charge in [-0.3, -0.25) is 0 Å². The summed E-state index contributed by atoms with van der Waals surface area (Å²) in [5.41, 5.74) is 0.179. The molecule has 1 saturated carbocycles. The van der Waals surface area contributed by atoms with Gasteiger partial charge in [0.05, 0.1) is 0 Å². The van der Waals surface area contributed by atoms with Crippen LogP contribution in [0.15, 0.2) is 0 Å². The Balaban J connectivity index is 1.73. The van der Waals surface area contributed by atoms with Crippen LogP contribution < -0.4 is 5.32 Å². The van der Waals surface area contributed by atoms with Crippen LogP contribution >= 0.6 is 0 Å². The largest absolute Gasteiger partial charge is 0.337 e. The van der Waals surface area contributed by atoms with E-state index in [2.05, 4.69) is 26.1 Å². The topological polar surface area (TPSA) is 32.3 Å². The van der Waals surface area contributed by atoms with Crippen LogP contribution in [0.2, 0.25) is 0 Å². The molecule has 1 N–H and O–H groups in total. The molecule has 2 atom stereocenters. The summed E-state index contributed by atoms with van der Waals surface area (Å²) in [5, 5.41) is 2.99. The first-order valence-electron chi connectivity index (χ1n) is 5.48. The van der Waals surface area contributed by atoms with Gasteiger partial charge in [0.1, 0.15) is 0 Å². The molecule has 0 bridgehead atoms. The Hall–Kier alpha value is -0.730. The van der Waals surface area contributed by atoms with E-state index in [1.165, 1.54) is 6.42 Å². The van der Waals surface area contributed by atoms with Crippen molar-refractivity contribution in [3.63, 3.8) is 0 Å². The Morgan fingerprint density at radius 1 is 1.36 bits per heavy atom. The van der Waals surface area contributed by atoms with E-state index in [-0.39, 0.29) is 11.4 Å². The summed E-state index contributed by atoms with van der Waals surface area (Å²) in [6.07, 6.45) is 1.35. The summed E-state index contributed by atoms with van der Waals surface area (Å²) in [4.78, 5) is 13.6. The van der Waals surface area contributed by atoms with Gasteiger partial charge >= 0.3 is 6.03 Å². The van der Waals surface area contributed by atoms with Gasteiger partial charge in [0.2, 0.25) is 0 Å². The Morgan fingerprint density at radius 2 is 1.93 bits per heavy atom. The van der Waals surface area contributed by atoms with E-state index in [1.54, 1.807) is 0 Å². The van der Waals surface area contributed by atoms with Crippen molar-refractivity contribution in [2.24, 2.45) is 17.3 Å². The fourth-order valence-electron chi connectivity index (χ4n) is 2.02. The van der Waals surface area contributed by atoms with Crippen molar-refractivity contribution in [2.45, 2.75) is 27.2 Å². The highest BCUT2D eigenvalue weighted by Gasteiger charge is 2.46. The van der Waals surface area contributed by atoms with Crippen LogP contribution in [-0.4, -0.2) is 30.6 Å². The van der Waals surface area contributed by atoms with Gasteiger partial charge in [-0.25, -0.2) is 4.79 Å². The molecule has 80 valence electrons. The number of carbonyl (C=O) groups is 1. The number of nitrogens with zero attached hydrogens (tertiary/aromatic N) is 1. The van der Waals surface area contributed by atoms with Gasteiger partial charge in [-0.05, 0) is 23.7 Å². The number of piperidine rings is 1. The molecule has 2 amide bonds. The van der Waals surface area contributed by atoms with Crippen molar-refractivity contribution in [1.82, 2.24) is 10.2 Å². The van der Waals surface area contributed by atoms with Crippen molar-refractivity contribution in [3.8, 4) is 0 Å². The van der Waals surface area contributed by atoms with Crippen molar-refractivity contribution in [2.75, 3.05) is 19.6 Å². The Morgan fingerprint density at radius 3 is 2.43 bits per heavy atom.